The average molecular weight is 638 g/mol. The highest BCUT2D eigenvalue weighted by atomic mass is 16.8. The highest BCUT2D eigenvalue weighted by Crippen LogP contribution is 2.34. The van der Waals surface area contributed by atoms with E-state index in [4.69, 9.17) is 53.1 Å². The number of nitrogens with two attached hydrogens (primary N) is 1. The van der Waals surface area contributed by atoms with E-state index in [0.29, 0.717) is 0 Å². The van der Waals surface area contributed by atoms with Gasteiger partial charge in [0, 0.05) is 41.5 Å². The third kappa shape index (κ3) is 10.6. The highest BCUT2D eigenvalue weighted by molar-refractivity contribution is 5.69. The van der Waals surface area contributed by atoms with Gasteiger partial charge in [-0.15, -0.1) is 0 Å². The van der Waals surface area contributed by atoms with Crippen LogP contribution < -0.4 is 5.73 Å². The van der Waals surface area contributed by atoms with Gasteiger partial charge in [-0.2, -0.15) is 0 Å². The molecule has 0 unspecified atom stereocenters. The smallest absolute Gasteiger partial charge is 0.405 e. The van der Waals surface area contributed by atoms with Crippen LogP contribution in [0.15, 0.2) is 0 Å². The number of primary amides is 1. The average Bonchev–Trinajstić information content (AvgIpc) is 2.87. The van der Waals surface area contributed by atoms with Gasteiger partial charge in [-0.1, -0.05) is 0 Å². The lowest BCUT2D eigenvalue weighted by Crippen LogP contribution is -2.67. The summed E-state index contributed by atoms with van der Waals surface area (Å²) in [5.41, 5.74) is 5.23. The molecule has 2 fully saturated rings. The summed E-state index contributed by atoms with van der Waals surface area (Å²) in [5.74, 6) is -5.18. The molecule has 2 heterocycles. The van der Waals surface area contributed by atoms with Gasteiger partial charge >= 0.3 is 41.9 Å². The molecule has 248 valence electrons. The Balaban J connectivity index is 2.59. The Morgan fingerprint density at radius 3 is 1.32 bits per heavy atom. The second-order valence-corrected chi connectivity index (χ2v) is 9.51. The van der Waals surface area contributed by atoms with Crippen molar-refractivity contribution < 1.29 is 86.0 Å². The molecule has 0 aromatic carbocycles. The first-order valence-electron chi connectivity index (χ1n) is 13.1. The molecular weight excluding hydrogens is 602 g/mol. The fraction of sp³-hybridized carbons (Fsp3) is 0.720. The van der Waals surface area contributed by atoms with Gasteiger partial charge < -0.3 is 58.2 Å². The number of aliphatic hydroxyl groups excluding tert-OH is 1. The lowest BCUT2D eigenvalue weighted by atomic mass is 9.96. The topological polar surface area (TPSA) is 258 Å². The number of carbonyl (C=O) groups is 7. The zero-order chi connectivity index (χ0) is 33.3. The van der Waals surface area contributed by atoms with Gasteiger partial charge in [0.25, 0.3) is 0 Å². The predicted octanol–water partition coefficient (Wildman–Crippen LogP) is -1.87. The second-order valence-electron chi connectivity index (χ2n) is 9.51. The van der Waals surface area contributed by atoms with E-state index < -0.39 is 117 Å². The van der Waals surface area contributed by atoms with Gasteiger partial charge in [-0.3, -0.25) is 28.8 Å². The minimum Gasteiger partial charge on any atom is -0.463 e. The van der Waals surface area contributed by atoms with Crippen LogP contribution in [0.3, 0.4) is 0 Å². The molecule has 0 spiro atoms. The van der Waals surface area contributed by atoms with Crippen molar-refractivity contribution in [3.8, 4) is 0 Å². The minimum atomic E-state index is -2.02. The third-order valence-corrected chi connectivity index (χ3v) is 5.85. The Bertz CT molecular complexity index is 1090. The van der Waals surface area contributed by atoms with E-state index >= 15 is 0 Å². The van der Waals surface area contributed by atoms with Gasteiger partial charge in [-0.25, -0.2) is 4.79 Å². The molecular formula is C25H35NO18. The van der Waals surface area contributed by atoms with Crippen LogP contribution in [-0.4, -0.2) is 122 Å². The van der Waals surface area contributed by atoms with Crippen LogP contribution in [0.4, 0.5) is 4.79 Å². The number of esters is 6. The van der Waals surface area contributed by atoms with Crippen molar-refractivity contribution in [2.24, 2.45) is 5.73 Å². The molecule has 3 N–H and O–H groups in total. The van der Waals surface area contributed by atoms with E-state index in [2.05, 4.69) is 0 Å². The Morgan fingerprint density at radius 1 is 0.545 bits per heavy atom. The van der Waals surface area contributed by atoms with E-state index in [-0.39, 0.29) is 0 Å². The van der Waals surface area contributed by atoms with Crippen molar-refractivity contribution in [3.63, 3.8) is 0 Å². The fourth-order valence-electron chi connectivity index (χ4n) is 4.43. The Labute approximate surface area is 250 Å². The number of aliphatic hydroxyl groups is 1. The van der Waals surface area contributed by atoms with Crippen LogP contribution in [-0.2, 0) is 76.1 Å². The second kappa shape index (κ2) is 16.1. The normalized spacial score (nSPS) is 31.4. The van der Waals surface area contributed by atoms with Crippen molar-refractivity contribution in [1.82, 2.24) is 0 Å². The molecule has 44 heavy (non-hydrogen) atoms. The first-order chi connectivity index (χ1) is 20.5. The fourth-order valence-corrected chi connectivity index (χ4v) is 4.43. The zero-order valence-corrected chi connectivity index (χ0v) is 24.7. The molecule has 19 heteroatoms. The van der Waals surface area contributed by atoms with Crippen molar-refractivity contribution in [2.45, 2.75) is 103 Å². The standard InChI is InChI=1S/C25H35NO18/c1-9(27)35-7-15-17(37-11(3)29)19(39-13(5)31)21(23(33)41-15)43-24-22(44-25(26)34)20(40-14(6)32)18(38-12(4)30)16(42-24)8-36-10(2)28/h15-24,33H,7-8H2,1-6H3,(H2,26,34)/t15-,16+,17+,18+,19-,20-,21-,22-,23-,24+/m0/s1. The largest absolute Gasteiger partial charge is 0.463 e. The number of ether oxygens (including phenoxy) is 10. The van der Waals surface area contributed by atoms with Crippen LogP contribution in [0.25, 0.3) is 0 Å². The van der Waals surface area contributed by atoms with Crippen LogP contribution in [0.1, 0.15) is 41.5 Å². The summed E-state index contributed by atoms with van der Waals surface area (Å²) in [6.45, 7) is 5.02. The Hall–Kier alpha value is -4.07. The van der Waals surface area contributed by atoms with Crippen molar-refractivity contribution >= 4 is 41.9 Å². The Morgan fingerprint density at radius 2 is 0.932 bits per heavy atom. The third-order valence-electron chi connectivity index (χ3n) is 5.85. The molecule has 0 aromatic heterocycles. The summed E-state index contributed by atoms with van der Waals surface area (Å²) in [4.78, 5) is 82.9. The van der Waals surface area contributed by atoms with Crippen molar-refractivity contribution in [3.05, 3.63) is 0 Å². The van der Waals surface area contributed by atoms with Crippen LogP contribution >= 0.6 is 0 Å². The molecule has 19 nitrogen and oxygen atoms in total. The predicted molar refractivity (Wildman–Crippen MR) is 134 cm³/mol. The molecule has 0 aromatic rings. The van der Waals surface area contributed by atoms with Crippen LogP contribution in [0.2, 0.25) is 0 Å². The van der Waals surface area contributed by atoms with Gasteiger partial charge in [0.15, 0.2) is 49.2 Å². The highest BCUT2D eigenvalue weighted by Gasteiger charge is 2.57. The summed E-state index contributed by atoms with van der Waals surface area (Å²) >= 11 is 0. The van der Waals surface area contributed by atoms with E-state index in [0.717, 1.165) is 41.5 Å². The quantitative estimate of drug-likeness (QED) is 0.186. The van der Waals surface area contributed by atoms with E-state index in [9.17, 15) is 38.7 Å². The van der Waals surface area contributed by atoms with Crippen molar-refractivity contribution in [1.29, 1.82) is 0 Å². The molecule has 0 radical (unpaired) electrons. The SMILES string of the molecule is CC(=O)OC[C@@H]1O[C@H](O)[C@@H](O[C@H]2O[C@H](COC(C)=O)[C@@H](OC(C)=O)[C@H](OC(C)=O)[C@@H]2OC(N)=O)[C@@H](OC(C)=O)[C@@H]1OC(C)=O. The number of hydrogen-bond acceptors (Lipinski definition) is 18. The van der Waals surface area contributed by atoms with Gasteiger partial charge in [0.05, 0.1) is 0 Å². The van der Waals surface area contributed by atoms with E-state index in [1.807, 2.05) is 0 Å². The van der Waals surface area contributed by atoms with E-state index in [1.165, 1.54) is 0 Å². The zero-order valence-electron chi connectivity index (χ0n) is 24.7. The minimum absolute atomic E-state index is 0.550. The maximum Gasteiger partial charge on any atom is 0.405 e. The van der Waals surface area contributed by atoms with Gasteiger partial charge in [-0.05, 0) is 0 Å². The molecule has 0 saturated carbocycles. The first kappa shape index (κ1) is 36.1. The summed E-state index contributed by atoms with van der Waals surface area (Å²) in [5, 5.41) is 10.9. The molecule has 10 atom stereocenters. The lowest BCUT2D eigenvalue weighted by molar-refractivity contribution is -0.362. The molecule has 0 aliphatic carbocycles. The summed E-state index contributed by atoms with van der Waals surface area (Å²) < 4.78 is 53.3. The van der Waals surface area contributed by atoms with Crippen LogP contribution in [0.5, 0.6) is 0 Å². The van der Waals surface area contributed by atoms with E-state index in [1.54, 1.807) is 0 Å². The Kier molecular flexibility index (Phi) is 13.2. The van der Waals surface area contributed by atoms with Gasteiger partial charge in [0.2, 0.25) is 0 Å². The maximum absolute atomic E-state index is 12.1. The number of rotatable bonds is 11. The molecule has 2 rings (SSSR count). The molecule has 1 amide bonds. The number of amides is 1. The monoisotopic (exact) mass is 637 g/mol. The molecule has 2 aliphatic rings. The number of hydrogen-bond donors (Lipinski definition) is 2. The molecule has 2 saturated heterocycles. The summed E-state index contributed by atoms with van der Waals surface area (Å²) in [6.07, 6.45) is -18.3. The lowest BCUT2D eigenvalue weighted by Gasteiger charge is -2.47. The molecule has 0 bridgehead atoms. The molecule has 2 aliphatic heterocycles. The summed E-state index contributed by atoms with van der Waals surface area (Å²) in [6, 6.07) is 0. The van der Waals surface area contributed by atoms with Gasteiger partial charge in [0.1, 0.15) is 25.4 Å². The van der Waals surface area contributed by atoms with Crippen molar-refractivity contribution in [2.75, 3.05) is 13.2 Å². The number of carbonyl (C=O) groups excluding carboxylic acids is 7. The first-order valence-corrected chi connectivity index (χ1v) is 13.1. The maximum atomic E-state index is 12.1. The summed E-state index contributed by atoms with van der Waals surface area (Å²) in [7, 11) is 0. The van der Waals surface area contributed by atoms with Crippen LogP contribution in [0, 0.1) is 0 Å².